The smallest absolute Gasteiger partial charge is 0.241 e. The number of anilines is 1. The summed E-state index contributed by atoms with van der Waals surface area (Å²) in [5.41, 5.74) is 0.816. The van der Waals surface area contributed by atoms with Gasteiger partial charge >= 0.3 is 0 Å². The van der Waals surface area contributed by atoms with Crippen molar-refractivity contribution >= 4 is 11.6 Å². The van der Waals surface area contributed by atoms with E-state index in [0.29, 0.717) is 0 Å². The van der Waals surface area contributed by atoms with Gasteiger partial charge in [0.05, 0.1) is 12.8 Å². The van der Waals surface area contributed by atoms with E-state index in [9.17, 15) is 4.79 Å². The Morgan fingerprint density at radius 1 is 1.40 bits per heavy atom. The summed E-state index contributed by atoms with van der Waals surface area (Å²) in [5, 5.41) is 5.66. The maximum Gasteiger partial charge on any atom is 0.241 e. The summed E-state index contributed by atoms with van der Waals surface area (Å²) in [7, 11) is 3.22. The largest absolute Gasteiger partial charge is 0.495 e. The van der Waals surface area contributed by atoms with Crippen molar-refractivity contribution in [2.45, 2.75) is 13.0 Å². The number of methoxy groups -OCH3 is 1. The van der Waals surface area contributed by atoms with Crippen LogP contribution in [-0.2, 0) is 4.79 Å². The third-order valence-electron chi connectivity index (χ3n) is 2.12. The minimum absolute atomic E-state index is 0.0547. The van der Waals surface area contributed by atoms with Crippen LogP contribution in [-0.4, -0.2) is 26.1 Å². The topological polar surface area (TPSA) is 50.4 Å². The molecule has 1 atom stereocenters. The summed E-state index contributed by atoms with van der Waals surface area (Å²) in [6.07, 6.45) is 0. The molecule has 1 rings (SSSR count). The second-order valence-corrected chi connectivity index (χ2v) is 3.18. The molecule has 82 valence electrons. The number of para-hydroxylation sites is 2. The summed E-state index contributed by atoms with van der Waals surface area (Å²) in [6, 6.07) is 7.21. The van der Waals surface area contributed by atoms with Crippen molar-refractivity contribution in [2.75, 3.05) is 19.5 Å². The fourth-order valence-corrected chi connectivity index (χ4v) is 1.28. The minimum atomic E-state index is -0.286. The molecule has 2 N–H and O–H groups in total. The first-order valence-electron chi connectivity index (χ1n) is 4.80. The van der Waals surface area contributed by atoms with E-state index >= 15 is 0 Å². The van der Waals surface area contributed by atoms with Crippen molar-refractivity contribution in [3.63, 3.8) is 0 Å². The molecule has 1 aromatic carbocycles. The summed E-state index contributed by atoms with van der Waals surface area (Å²) in [4.78, 5) is 11.3. The van der Waals surface area contributed by atoms with Gasteiger partial charge in [0.25, 0.3) is 0 Å². The number of benzene rings is 1. The Morgan fingerprint density at radius 3 is 2.67 bits per heavy atom. The number of carbonyl (C=O) groups excluding carboxylic acids is 1. The van der Waals surface area contributed by atoms with E-state index in [0.717, 1.165) is 11.4 Å². The van der Waals surface area contributed by atoms with Gasteiger partial charge in [0, 0.05) is 7.05 Å². The molecule has 0 aliphatic carbocycles. The summed E-state index contributed by atoms with van der Waals surface area (Å²) in [6.45, 7) is 1.80. The van der Waals surface area contributed by atoms with E-state index in [1.165, 1.54) is 0 Å². The van der Waals surface area contributed by atoms with Crippen molar-refractivity contribution in [3.8, 4) is 5.75 Å². The molecule has 0 saturated carbocycles. The number of carbonyl (C=O) groups is 1. The standard InChI is InChI=1S/C11H16N2O2/c1-8(11(14)12-2)13-9-6-4-5-7-10(9)15-3/h4-8,13H,1-3H3,(H,12,14)/t8-/m0/s1. The first-order valence-corrected chi connectivity index (χ1v) is 4.80. The normalized spacial score (nSPS) is 11.7. The third-order valence-corrected chi connectivity index (χ3v) is 2.12. The predicted molar refractivity (Wildman–Crippen MR) is 60.1 cm³/mol. The highest BCUT2D eigenvalue weighted by molar-refractivity contribution is 5.84. The van der Waals surface area contributed by atoms with Gasteiger partial charge in [-0.2, -0.15) is 0 Å². The van der Waals surface area contributed by atoms with Gasteiger partial charge in [-0.05, 0) is 19.1 Å². The zero-order valence-electron chi connectivity index (χ0n) is 9.20. The van der Waals surface area contributed by atoms with E-state index in [1.54, 1.807) is 21.1 Å². The molecule has 0 heterocycles. The van der Waals surface area contributed by atoms with Crippen LogP contribution in [0.25, 0.3) is 0 Å². The van der Waals surface area contributed by atoms with Crippen molar-refractivity contribution in [2.24, 2.45) is 0 Å². The Hall–Kier alpha value is -1.71. The number of likely N-dealkylation sites (N-methyl/N-ethyl adjacent to an activating group) is 1. The summed E-state index contributed by atoms with van der Waals surface area (Å²) >= 11 is 0. The molecular weight excluding hydrogens is 192 g/mol. The Balaban J connectivity index is 2.75. The van der Waals surface area contributed by atoms with Crippen LogP contribution < -0.4 is 15.4 Å². The first kappa shape index (κ1) is 11.4. The van der Waals surface area contributed by atoms with E-state index in [1.807, 2.05) is 24.3 Å². The molecule has 0 unspecified atom stereocenters. The molecule has 0 bridgehead atoms. The minimum Gasteiger partial charge on any atom is -0.495 e. The molecule has 0 aromatic heterocycles. The fourth-order valence-electron chi connectivity index (χ4n) is 1.28. The number of hydrogen-bond donors (Lipinski definition) is 2. The molecule has 4 heteroatoms. The molecule has 15 heavy (non-hydrogen) atoms. The van der Waals surface area contributed by atoms with Gasteiger partial charge in [0.15, 0.2) is 0 Å². The average Bonchev–Trinajstić information content (AvgIpc) is 2.28. The highest BCUT2D eigenvalue weighted by atomic mass is 16.5. The number of nitrogens with one attached hydrogen (secondary N) is 2. The maximum atomic E-state index is 11.3. The second kappa shape index (κ2) is 5.24. The molecule has 4 nitrogen and oxygen atoms in total. The number of hydrogen-bond acceptors (Lipinski definition) is 3. The number of rotatable bonds is 4. The lowest BCUT2D eigenvalue weighted by molar-refractivity contribution is -0.121. The van der Waals surface area contributed by atoms with Gasteiger partial charge < -0.3 is 15.4 Å². The lowest BCUT2D eigenvalue weighted by Gasteiger charge is -2.15. The Morgan fingerprint density at radius 2 is 2.07 bits per heavy atom. The number of ether oxygens (including phenoxy) is 1. The SMILES string of the molecule is CNC(=O)[C@H](C)Nc1ccccc1OC. The predicted octanol–water partition coefficient (Wildman–Crippen LogP) is 1.24. The van der Waals surface area contributed by atoms with Gasteiger partial charge in [0.1, 0.15) is 11.8 Å². The van der Waals surface area contributed by atoms with Crippen LogP contribution in [0, 0.1) is 0 Å². The van der Waals surface area contributed by atoms with E-state index in [4.69, 9.17) is 4.74 Å². The van der Waals surface area contributed by atoms with Gasteiger partial charge in [0.2, 0.25) is 5.91 Å². The number of amides is 1. The van der Waals surface area contributed by atoms with E-state index in [2.05, 4.69) is 10.6 Å². The molecule has 0 aliphatic rings. The zero-order valence-corrected chi connectivity index (χ0v) is 9.20. The lowest BCUT2D eigenvalue weighted by atomic mass is 10.2. The van der Waals surface area contributed by atoms with Crippen LogP contribution in [0.3, 0.4) is 0 Å². The van der Waals surface area contributed by atoms with Crippen molar-refractivity contribution < 1.29 is 9.53 Å². The summed E-state index contributed by atoms with van der Waals surface area (Å²) in [5.74, 6) is 0.675. The van der Waals surface area contributed by atoms with Gasteiger partial charge in [-0.1, -0.05) is 12.1 Å². The van der Waals surface area contributed by atoms with Crippen molar-refractivity contribution in [1.29, 1.82) is 0 Å². The van der Waals surface area contributed by atoms with Crippen LogP contribution >= 0.6 is 0 Å². The van der Waals surface area contributed by atoms with Gasteiger partial charge in [-0.25, -0.2) is 0 Å². The molecule has 0 fully saturated rings. The van der Waals surface area contributed by atoms with Gasteiger partial charge in [-0.3, -0.25) is 4.79 Å². The zero-order chi connectivity index (χ0) is 11.3. The molecule has 0 saturated heterocycles. The first-order chi connectivity index (χ1) is 7.19. The van der Waals surface area contributed by atoms with Crippen LogP contribution in [0.4, 0.5) is 5.69 Å². The third kappa shape index (κ3) is 2.87. The Bertz CT molecular complexity index is 339. The molecular formula is C11H16N2O2. The molecule has 1 amide bonds. The Labute approximate surface area is 89.6 Å². The van der Waals surface area contributed by atoms with Crippen LogP contribution in [0.15, 0.2) is 24.3 Å². The maximum absolute atomic E-state index is 11.3. The molecule has 1 aromatic rings. The molecule has 0 spiro atoms. The second-order valence-electron chi connectivity index (χ2n) is 3.18. The quantitative estimate of drug-likeness (QED) is 0.782. The van der Waals surface area contributed by atoms with E-state index in [-0.39, 0.29) is 11.9 Å². The van der Waals surface area contributed by atoms with Crippen molar-refractivity contribution in [1.82, 2.24) is 5.32 Å². The Kier molecular flexibility index (Phi) is 3.97. The average molecular weight is 208 g/mol. The molecule has 0 radical (unpaired) electrons. The monoisotopic (exact) mass is 208 g/mol. The van der Waals surface area contributed by atoms with E-state index < -0.39 is 0 Å². The highest BCUT2D eigenvalue weighted by Gasteiger charge is 2.12. The molecule has 0 aliphatic heterocycles. The fraction of sp³-hybridized carbons (Fsp3) is 0.364. The lowest BCUT2D eigenvalue weighted by Crippen LogP contribution is -2.35. The van der Waals surface area contributed by atoms with Crippen molar-refractivity contribution in [3.05, 3.63) is 24.3 Å². The van der Waals surface area contributed by atoms with Gasteiger partial charge in [-0.15, -0.1) is 0 Å². The van der Waals surface area contributed by atoms with Crippen LogP contribution in [0.5, 0.6) is 5.75 Å². The highest BCUT2D eigenvalue weighted by Crippen LogP contribution is 2.23. The van der Waals surface area contributed by atoms with Crippen LogP contribution in [0.1, 0.15) is 6.92 Å². The van der Waals surface area contributed by atoms with Crippen LogP contribution in [0.2, 0.25) is 0 Å². The summed E-state index contributed by atoms with van der Waals surface area (Å²) < 4.78 is 5.17.